The molecular weight excluding hydrogens is 310 g/mol. The Morgan fingerprint density at radius 2 is 1.88 bits per heavy atom. The molecular formula is C21H21N3O. The molecule has 126 valence electrons. The molecule has 1 unspecified atom stereocenters. The molecule has 1 aromatic heterocycles. The maximum absolute atomic E-state index is 10.8. The van der Waals surface area contributed by atoms with E-state index in [1.807, 2.05) is 18.2 Å². The lowest BCUT2D eigenvalue weighted by Gasteiger charge is -2.39. The SMILES string of the molecule is O=Nc1ccc2c(C3Nc4ccccc4C34CCCCC4)c[nH]c2c1. The Morgan fingerprint density at radius 1 is 1.04 bits per heavy atom. The van der Waals surface area contributed by atoms with E-state index in [0.29, 0.717) is 5.69 Å². The smallest absolute Gasteiger partial charge is 0.110 e. The number of nitrogens with zero attached hydrogens (tertiary/aromatic N) is 1. The van der Waals surface area contributed by atoms with Crippen LogP contribution >= 0.6 is 0 Å². The van der Waals surface area contributed by atoms with Crippen LogP contribution < -0.4 is 5.32 Å². The molecule has 0 radical (unpaired) electrons. The average molecular weight is 331 g/mol. The summed E-state index contributed by atoms with van der Waals surface area (Å²) in [4.78, 5) is 14.2. The van der Waals surface area contributed by atoms with E-state index in [9.17, 15) is 4.91 Å². The molecule has 1 aliphatic heterocycles. The third-order valence-electron chi connectivity index (χ3n) is 6.18. The van der Waals surface area contributed by atoms with Crippen LogP contribution in [0, 0.1) is 4.91 Å². The van der Waals surface area contributed by atoms with E-state index in [1.54, 1.807) is 0 Å². The Hall–Kier alpha value is -2.62. The molecule has 4 nitrogen and oxygen atoms in total. The highest BCUT2D eigenvalue weighted by atomic mass is 16.3. The molecule has 3 aromatic rings. The van der Waals surface area contributed by atoms with Gasteiger partial charge in [-0.25, -0.2) is 0 Å². The summed E-state index contributed by atoms with van der Waals surface area (Å²) in [6.07, 6.45) is 8.46. The zero-order valence-electron chi connectivity index (χ0n) is 14.1. The Labute approximate surface area is 146 Å². The van der Waals surface area contributed by atoms with E-state index in [2.05, 4.69) is 45.9 Å². The highest BCUT2D eigenvalue weighted by Gasteiger charge is 2.48. The number of para-hydroxylation sites is 1. The van der Waals surface area contributed by atoms with Gasteiger partial charge in [-0.2, -0.15) is 0 Å². The number of H-pyrrole nitrogens is 1. The summed E-state index contributed by atoms with van der Waals surface area (Å²) in [6, 6.07) is 14.7. The van der Waals surface area contributed by atoms with Gasteiger partial charge in [-0.3, -0.25) is 0 Å². The van der Waals surface area contributed by atoms with Crippen molar-refractivity contribution in [1.29, 1.82) is 0 Å². The summed E-state index contributed by atoms with van der Waals surface area (Å²) in [5.74, 6) is 0. The van der Waals surface area contributed by atoms with E-state index >= 15 is 0 Å². The molecule has 0 amide bonds. The lowest BCUT2D eigenvalue weighted by molar-refractivity contribution is 0.271. The van der Waals surface area contributed by atoms with Crippen LogP contribution in [-0.2, 0) is 5.41 Å². The van der Waals surface area contributed by atoms with Crippen molar-refractivity contribution in [3.05, 3.63) is 64.7 Å². The predicted molar refractivity (Wildman–Crippen MR) is 101 cm³/mol. The van der Waals surface area contributed by atoms with Crippen molar-refractivity contribution in [2.75, 3.05) is 5.32 Å². The third-order valence-corrected chi connectivity index (χ3v) is 6.18. The standard InChI is InChI=1S/C21H21N3O/c25-24-14-8-9-15-16(13-22-19(15)12-14)20-21(10-4-1-5-11-21)17-6-2-3-7-18(17)23-20/h2-3,6-9,12-13,20,22-23H,1,4-5,10-11H2. The number of fused-ring (bicyclic) bond motifs is 3. The summed E-state index contributed by atoms with van der Waals surface area (Å²) in [7, 11) is 0. The number of aromatic amines is 1. The molecule has 2 heterocycles. The van der Waals surface area contributed by atoms with Gasteiger partial charge in [-0.1, -0.05) is 43.5 Å². The highest BCUT2D eigenvalue weighted by molar-refractivity contribution is 5.87. The maximum atomic E-state index is 10.8. The van der Waals surface area contributed by atoms with Crippen LogP contribution in [0.2, 0.25) is 0 Å². The fraction of sp³-hybridized carbons (Fsp3) is 0.333. The molecule has 4 heteroatoms. The van der Waals surface area contributed by atoms with Crippen LogP contribution in [0.3, 0.4) is 0 Å². The van der Waals surface area contributed by atoms with Crippen LogP contribution in [0.4, 0.5) is 11.4 Å². The summed E-state index contributed by atoms with van der Waals surface area (Å²) >= 11 is 0. The second kappa shape index (κ2) is 5.45. The van der Waals surface area contributed by atoms with Gasteiger partial charge >= 0.3 is 0 Å². The van der Waals surface area contributed by atoms with Gasteiger partial charge in [0.15, 0.2) is 0 Å². The van der Waals surface area contributed by atoms with Crippen molar-refractivity contribution in [3.63, 3.8) is 0 Å². The fourth-order valence-electron chi connectivity index (χ4n) is 5.04. The van der Waals surface area contributed by atoms with E-state index in [4.69, 9.17) is 0 Å². The van der Waals surface area contributed by atoms with E-state index < -0.39 is 0 Å². The first-order chi connectivity index (χ1) is 12.3. The summed E-state index contributed by atoms with van der Waals surface area (Å²) in [5, 5.41) is 8.05. The van der Waals surface area contributed by atoms with Gasteiger partial charge in [0.2, 0.25) is 0 Å². The molecule has 0 bridgehead atoms. The first kappa shape index (κ1) is 14.7. The highest BCUT2D eigenvalue weighted by Crippen LogP contribution is 2.56. The fourth-order valence-corrected chi connectivity index (χ4v) is 5.04. The second-order valence-electron chi connectivity index (χ2n) is 7.40. The van der Waals surface area contributed by atoms with Crippen LogP contribution in [-0.4, -0.2) is 4.98 Å². The largest absolute Gasteiger partial charge is 0.377 e. The summed E-state index contributed by atoms with van der Waals surface area (Å²) < 4.78 is 0. The van der Waals surface area contributed by atoms with Crippen LogP contribution in [0.15, 0.2) is 53.8 Å². The lowest BCUT2D eigenvalue weighted by atomic mass is 9.65. The molecule has 25 heavy (non-hydrogen) atoms. The normalized spacial score (nSPS) is 21.2. The van der Waals surface area contributed by atoms with Crippen LogP contribution in [0.5, 0.6) is 0 Å². The number of hydrogen-bond donors (Lipinski definition) is 2. The lowest BCUT2D eigenvalue weighted by Crippen LogP contribution is -2.34. The van der Waals surface area contributed by atoms with Crippen molar-refractivity contribution >= 4 is 22.3 Å². The van der Waals surface area contributed by atoms with Crippen molar-refractivity contribution < 1.29 is 0 Å². The van der Waals surface area contributed by atoms with Crippen molar-refractivity contribution in [3.8, 4) is 0 Å². The van der Waals surface area contributed by atoms with E-state index in [-0.39, 0.29) is 11.5 Å². The van der Waals surface area contributed by atoms with E-state index in [0.717, 1.165) is 5.52 Å². The molecule has 1 saturated carbocycles. The molecule has 5 rings (SSSR count). The Balaban J connectivity index is 1.67. The van der Waals surface area contributed by atoms with Crippen LogP contribution in [0.25, 0.3) is 10.9 Å². The summed E-state index contributed by atoms with van der Waals surface area (Å²) in [5.41, 5.74) is 5.67. The van der Waals surface area contributed by atoms with Crippen molar-refractivity contribution in [1.82, 2.24) is 4.98 Å². The van der Waals surface area contributed by atoms with Crippen molar-refractivity contribution in [2.45, 2.75) is 43.6 Å². The molecule has 2 N–H and O–H groups in total. The van der Waals surface area contributed by atoms with Gasteiger partial charge in [0.05, 0.1) is 6.04 Å². The number of rotatable bonds is 2. The van der Waals surface area contributed by atoms with E-state index in [1.165, 1.54) is 54.3 Å². The van der Waals surface area contributed by atoms with Gasteiger partial charge in [-0.15, -0.1) is 4.91 Å². The minimum Gasteiger partial charge on any atom is -0.377 e. The summed E-state index contributed by atoms with van der Waals surface area (Å²) in [6.45, 7) is 0. The zero-order chi connectivity index (χ0) is 16.9. The topological polar surface area (TPSA) is 57.2 Å². The molecule has 2 aromatic carbocycles. The molecule has 1 aliphatic carbocycles. The quantitative estimate of drug-likeness (QED) is 0.571. The minimum atomic E-state index is 0.172. The molecule has 1 fully saturated rings. The number of anilines is 1. The Bertz CT molecular complexity index is 953. The minimum absolute atomic E-state index is 0.172. The van der Waals surface area contributed by atoms with Gasteiger partial charge in [-0.05, 0) is 41.8 Å². The maximum Gasteiger partial charge on any atom is 0.110 e. The van der Waals surface area contributed by atoms with Crippen LogP contribution in [0.1, 0.15) is 49.3 Å². The molecule has 0 saturated heterocycles. The molecule has 2 aliphatic rings. The van der Waals surface area contributed by atoms with Gasteiger partial charge in [0.25, 0.3) is 0 Å². The van der Waals surface area contributed by atoms with Crippen molar-refractivity contribution in [2.24, 2.45) is 5.18 Å². The molecule has 1 spiro atoms. The molecule has 1 atom stereocenters. The monoisotopic (exact) mass is 331 g/mol. The zero-order valence-corrected chi connectivity index (χ0v) is 14.1. The number of aromatic nitrogens is 1. The number of hydrogen-bond acceptors (Lipinski definition) is 3. The van der Waals surface area contributed by atoms with Gasteiger partial charge in [0.1, 0.15) is 5.69 Å². The number of nitrogens with one attached hydrogen (secondary N) is 2. The number of benzene rings is 2. The number of nitroso groups, excluding NO2 is 1. The third kappa shape index (κ3) is 2.06. The first-order valence-electron chi connectivity index (χ1n) is 9.12. The van der Waals surface area contributed by atoms with Gasteiger partial charge < -0.3 is 10.3 Å². The average Bonchev–Trinajstić information content (AvgIpc) is 3.21. The first-order valence-corrected chi connectivity index (χ1v) is 9.12. The Kier molecular flexibility index (Phi) is 3.20. The van der Waals surface area contributed by atoms with Gasteiger partial charge in [0, 0.05) is 33.8 Å². The second-order valence-corrected chi connectivity index (χ2v) is 7.40. The Morgan fingerprint density at radius 3 is 2.72 bits per heavy atom. The predicted octanol–water partition coefficient (Wildman–Crippen LogP) is 5.93.